The van der Waals surface area contributed by atoms with E-state index in [2.05, 4.69) is 10.6 Å². The number of carbonyl (C=O) groups is 1. The van der Waals surface area contributed by atoms with E-state index in [0.717, 1.165) is 11.3 Å². The molecule has 0 aliphatic heterocycles. The normalized spacial score (nSPS) is 9.79. The molecule has 1 rings (SSSR count). The Labute approximate surface area is 118 Å². The largest absolute Gasteiger partial charge is 0.497 e. The molecule has 0 heterocycles. The van der Waals surface area contributed by atoms with E-state index in [0.29, 0.717) is 30.2 Å². The second kappa shape index (κ2) is 7.58. The number of anilines is 1. The minimum Gasteiger partial charge on any atom is -0.497 e. The average molecular weight is 281 g/mol. The predicted molar refractivity (Wildman–Crippen MR) is 80.7 cm³/mol. The molecule has 4 N–H and O–H groups in total. The third-order valence-corrected chi connectivity index (χ3v) is 2.75. The number of hydrogen-bond acceptors (Lipinski definition) is 4. The first-order valence-corrected chi connectivity index (χ1v) is 6.47. The summed E-state index contributed by atoms with van der Waals surface area (Å²) >= 11 is 4.99. The maximum Gasteiger partial charge on any atom is 0.221 e. The van der Waals surface area contributed by atoms with Crippen molar-refractivity contribution in [3.05, 3.63) is 23.8 Å². The molecule has 0 saturated heterocycles. The van der Waals surface area contributed by atoms with Crippen LogP contribution >= 0.6 is 12.2 Å². The van der Waals surface area contributed by atoms with Crippen LogP contribution in [0.4, 0.5) is 5.69 Å². The van der Waals surface area contributed by atoms with Gasteiger partial charge in [-0.2, -0.15) is 0 Å². The van der Waals surface area contributed by atoms with Gasteiger partial charge in [-0.05, 0) is 19.1 Å². The van der Waals surface area contributed by atoms with Crippen molar-refractivity contribution in [3.63, 3.8) is 0 Å². The fourth-order valence-electron chi connectivity index (χ4n) is 1.61. The van der Waals surface area contributed by atoms with Crippen molar-refractivity contribution in [2.45, 2.75) is 13.3 Å². The van der Waals surface area contributed by atoms with Gasteiger partial charge in [-0.1, -0.05) is 12.2 Å². The summed E-state index contributed by atoms with van der Waals surface area (Å²) in [6.45, 7) is 3.03. The number of rotatable bonds is 7. The lowest BCUT2D eigenvalue weighted by Gasteiger charge is -2.12. The molecule has 0 radical (unpaired) electrons. The van der Waals surface area contributed by atoms with Gasteiger partial charge in [0.05, 0.1) is 7.11 Å². The Bertz CT molecular complexity index is 463. The second-order valence-corrected chi connectivity index (χ2v) is 4.35. The van der Waals surface area contributed by atoms with E-state index in [1.165, 1.54) is 0 Å². The van der Waals surface area contributed by atoms with E-state index in [9.17, 15) is 4.79 Å². The molecular weight excluding hydrogens is 262 g/mol. The van der Waals surface area contributed by atoms with Crippen LogP contribution in [0.5, 0.6) is 5.75 Å². The van der Waals surface area contributed by atoms with Crippen LogP contribution in [0.15, 0.2) is 18.2 Å². The molecule has 5 nitrogen and oxygen atoms in total. The van der Waals surface area contributed by atoms with Gasteiger partial charge in [-0.25, -0.2) is 0 Å². The number of hydrogen-bond donors (Lipinski definition) is 3. The Morgan fingerprint density at radius 1 is 1.47 bits per heavy atom. The average Bonchev–Trinajstić information content (AvgIpc) is 2.38. The molecule has 104 valence electrons. The third-order valence-electron chi connectivity index (χ3n) is 2.53. The number of nitrogens with one attached hydrogen (secondary N) is 2. The Hall–Kier alpha value is -1.82. The van der Waals surface area contributed by atoms with Crippen LogP contribution in [-0.4, -0.2) is 31.1 Å². The lowest BCUT2D eigenvalue weighted by Crippen LogP contribution is -2.25. The zero-order valence-corrected chi connectivity index (χ0v) is 12.0. The van der Waals surface area contributed by atoms with Crippen LogP contribution in [-0.2, 0) is 4.79 Å². The highest BCUT2D eigenvalue weighted by Gasteiger charge is 2.07. The summed E-state index contributed by atoms with van der Waals surface area (Å²) in [5.41, 5.74) is 7.17. The molecule has 0 aromatic heterocycles. The van der Waals surface area contributed by atoms with E-state index >= 15 is 0 Å². The lowest BCUT2D eigenvalue weighted by atomic mass is 10.1. The van der Waals surface area contributed by atoms with Crippen molar-refractivity contribution >= 4 is 28.8 Å². The van der Waals surface area contributed by atoms with Gasteiger partial charge < -0.3 is 21.1 Å². The molecule has 0 fully saturated rings. The van der Waals surface area contributed by atoms with Crippen LogP contribution in [0, 0.1) is 0 Å². The van der Waals surface area contributed by atoms with Crippen molar-refractivity contribution < 1.29 is 9.53 Å². The molecule has 6 heteroatoms. The number of ether oxygens (including phenoxy) is 1. The molecule has 1 aromatic rings. The quantitative estimate of drug-likeness (QED) is 0.656. The van der Waals surface area contributed by atoms with Crippen molar-refractivity contribution in [2.75, 3.05) is 25.5 Å². The molecule has 0 aliphatic carbocycles. The van der Waals surface area contributed by atoms with Crippen molar-refractivity contribution in [2.24, 2.45) is 5.73 Å². The van der Waals surface area contributed by atoms with E-state index in [1.54, 1.807) is 19.2 Å². The van der Waals surface area contributed by atoms with Gasteiger partial charge in [0.15, 0.2) is 0 Å². The van der Waals surface area contributed by atoms with E-state index in [4.69, 9.17) is 22.7 Å². The minimum atomic E-state index is 0.00905. The van der Waals surface area contributed by atoms with Crippen molar-refractivity contribution in [1.82, 2.24) is 5.32 Å². The molecule has 0 unspecified atom stereocenters. The highest BCUT2D eigenvalue weighted by Crippen LogP contribution is 2.22. The van der Waals surface area contributed by atoms with Gasteiger partial charge in [0, 0.05) is 36.8 Å². The number of methoxy groups -OCH3 is 1. The number of thiocarbonyl (C=S) groups is 1. The van der Waals surface area contributed by atoms with Crippen molar-refractivity contribution in [1.29, 1.82) is 0 Å². The zero-order valence-electron chi connectivity index (χ0n) is 11.2. The molecule has 0 spiro atoms. The topological polar surface area (TPSA) is 76.4 Å². The molecule has 0 aliphatic rings. The Balaban J connectivity index is 2.69. The molecule has 0 bridgehead atoms. The van der Waals surface area contributed by atoms with Crippen LogP contribution in [0.2, 0.25) is 0 Å². The summed E-state index contributed by atoms with van der Waals surface area (Å²) in [5.74, 6) is 0.718. The first-order chi connectivity index (χ1) is 9.08. The van der Waals surface area contributed by atoms with Crippen molar-refractivity contribution in [3.8, 4) is 5.75 Å². The van der Waals surface area contributed by atoms with E-state index in [-0.39, 0.29) is 5.91 Å². The Kier molecular flexibility index (Phi) is 6.08. The first-order valence-electron chi connectivity index (χ1n) is 6.07. The number of nitrogens with two attached hydrogens (primary N) is 1. The van der Waals surface area contributed by atoms with Crippen LogP contribution < -0.4 is 21.1 Å². The summed E-state index contributed by atoms with van der Waals surface area (Å²) in [5, 5.41) is 5.89. The van der Waals surface area contributed by atoms with Gasteiger partial charge >= 0.3 is 0 Å². The molecule has 0 saturated carbocycles. The van der Waals surface area contributed by atoms with Gasteiger partial charge in [-0.3, -0.25) is 4.79 Å². The number of benzene rings is 1. The molecule has 19 heavy (non-hydrogen) atoms. The Morgan fingerprint density at radius 3 is 2.79 bits per heavy atom. The predicted octanol–water partition coefficient (Wildman–Crippen LogP) is 1.27. The standard InChI is InChI=1S/C13H19N3O2S/c1-3-15-12(17)6-7-16-11-8-9(18-2)4-5-10(11)13(14)19/h4-5,8,16H,3,6-7H2,1-2H3,(H2,14,19)(H,15,17). The van der Waals surface area contributed by atoms with Crippen LogP contribution in [0.3, 0.4) is 0 Å². The highest BCUT2D eigenvalue weighted by atomic mass is 32.1. The fraction of sp³-hybridized carbons (Fsp3) is 0.385. The SMILES string of the molecule is CCNC(=O)CCNc1cc(OC)ccc1C(N)=S. The number of carbonyl (C=O) groups excluding carboxylic acids is 1. The number of amides is 1. The molecular formula is C13H19N3O2S. The maximum absolute atomic E-state index is 11.3. The second-order valence-electron chi connectivity index (χ2n) is 3.91. The van der Waals surface area contributed by atoms with Crippen LogP contribution in [0.1, 0.15) is 18.9 Å². The third kappa shape index (κ3) is 4.75. The molecule has 0 atom stereocenters. The Morgan fingerprint density at radius 2 is 2.21 bits per heavy atom. The summed E-state index contributed by atoms with van der Waals surface area (Å²) < 4.78 is 5.15. The summed E-state index contributed by atoms with van der Waals surface area (Å²) in [6.07, 6.45) is 0.391. The van der Waals surface area contributed by atoms with E-state index in [1.807, 2.05) is 13.0 Å². The fourth-order valence-corrected chi connectivity index (χ4v) is 1.79. The van der Waals surface area contributed by atoms with Gasteiger partial charge in [0.1, 0.15) is 10.7 Å². The summed E-state index contributed by atoms with van der Waals surface area (Å²) in [6, 6.07) is 5.41. The lowest BCUT2D eigenvalue weighted by molar-refractivity contribution is -0.120. The first kappa shape index (κ1) is 15.2. The van der Waals surface area contributed by atoms with Crippen LogP contribution in [0.25, 0.3) is 0 Å². The summed E-state index contributed by atoms with van der Waals surface area (Å²) in [4.78, 5) is 11.7. The monoisotopic (exact) mass is 281 g/mol. The minimum absolute atomic E-state index is 0.00905. The molecule has 1 amide bonds. The maximum atomic E-state index is 11.3. The van der Waals surface area contributed by atoms with E-state index < -0.39 is 0 Å². The summed E-state index contributed by atoms with van der Waals surface area (Å²) in [7, 11) is 1.59. The molecule has 1 aromatic carbocycles. The smallest absolute Gasteiger partial charge is 0.221 e. The highest BCUT2D eigenvalue weighted by molar-refractivity contribution is 7.80. The zero-order chi connectivity index (χ0) is 14.3. The van der Waals surface area contributed by atoms with Gasteiger partial charge in [-0.15, -0.1) is 0 Å². The van der Waals surface area contributed by atoms with Gasteiger partial charge in [0.25, 0.3) is 0 Å². The van der Waals surface area contributed by atoms with Gasteiger partial charge in [0.2, 0.25) is 5.91 Å².